The summed E-state index contributed by atoms with van der Waals surface area (Å²) < 4.78 is 46.8. The minimum atomic E-state index is -4.61. The molecule has 1 aromatic heterocycles. The number of ketones is 1. The van der Waals surface area contributed by atoms with Crippen LogP contribution in [0.15, 0.2) is 34.8 Å². The van der Waals surface area contributed by atoms with Crippen LogP contribution in [0, 0.1) is 24.2 Å². The minimum Gasteiger partial charge on any atom is -0.457 e. The smallest absolute Gasteiger partial charge is 0.412 e. The third-order valence-electron chi connectivity index (χ3n) is 6.81. The first-order valence-corrected chi connectivity index (χ1v) is 13.0. The van der Waals surface area contributed by atoms with Crippen molar-refractivity contribution in [1.82, 2.24) is 4.98 Å². The van der Waals surface area contributed by atoms with Crippen LogP contribution in [-0.2, 0) is 14.3 Å². The molecular formula is C27H36F3NO5S. The molecule has 206 valence electrons. The first-order valence-electron chi connectivity index (χ1n) is 12.2. The number of nitrogens with zero attached hydrogens (tertiary/aromatic N) is 1. The molecule has 0 aromatic carbocycles. The van der Waals surface area contributed by atoms with E-state index in [2.05, 4.69) is 4.98 Å². The van der Waals surface area contributed by atoms with Gasteiger partial charge in [0.1, 0.15) is 11.9 Å². The van der Waals surface area contributed by atoms with Gasteiger partial charge in [-0.05, 0) is 31.9 Å². The second kappa shape index (κ2) is 12.5. The Labute approximate surface area is 219 Å². The number of aliphatic hydroxyl groups is 2. The minimum absolute atomic E-state index is 0.243. The van der Waals surface area contributed by atoms with Crippen molar-refractivity contribution >= 4 is 29.2 Å². The van der Waals surface area contributed by atoms with Crippen LogP contribution in [0.25, 0.3) is 6.08 Å². The van der Waals surface area contributed by atoms with Crippen molar-refractivity contribution < 1.29 is 37.7 Å². The van der Waals surface area contributed by atoms with Crippen LogP contribution in [0.1, 0.15) is 64.6 Å². The molecule has 0 spiro atoms. The number of aliphatic hydroxyl groups excluding tert-OH is 2. The van der Waals surface area contributed by atoms with Crippen LogP contribution in [0.2, 0.25) is 0 Å². The SMILES string of the molecule is CC(=Cc1csc(C)n1)C1CC=C(C(F)(F)F)CC=CC(C)C(O)C(C)C(=O)C(C)(C)C(O)CC(=O)O1. The Balaban J connectivity index is 2.50. The molecule has 0 radical (unpaired) electrons. The lowest BCUT2D eigenvalue weighted by Gasteiger charge is -2.34. The molecule has 10 heteroatoms. The predicted molar refractivity (Wildman–Crippen MR) is 137 cm³/mol. The molecule has 0 saturated carbocycles. The average Bonchev–Trinajstić information content (AvgIpc) is 3.21. The molecule has 2 heterocycles. The van der Waals surface area contributed by atoms with Gasteiger partial charge in [-0.25, -0.2) is 4.98 Å². The van der Waals surface area contributed by atoms with Crippen molar-refractivity contribution in [2.75, 3.05) is 0 Å². The lowest BCUT2D eigenvalue weighted by molar-refractivity contribution is -0.154. The van der Waals surface area contributed by atoms with Gasteiger partial charge in [-0.15, -0.1) is 11.3 Å². The maximum atomic E-state index is 13.8. The van der Waals surface area contributed by atoms with Gasteiger partial charge < -0.3 is 14.9 Å². The van der Waals surface area contributed by atoms with Crippen molar-refractivity contribution in [1.29, 1.82) is 0 Å². The third-order valence-corrected chi connectivity index (χ3v) is 7.60. The van der Waals surface area contributed by atoms with Gasteiger partial charge in [0, 0.05) is 29.2 Å². The third kappa shape index (κ3) is 8.35. The highest BCUT2D eigenvalue weighted by Crippen LogP contribution is 2.33. The molecule has 1 aliphatic heterocycles. The molecule has 2 rings (SSSR count). The number of halogens is 3. The topological polar surface area (TPSA) is 96.7 Å². The van der Waals surface area contributed by atoms with E-state index in [9.17, 15) is 33.0 Å². The fraction of sp³-hybridized carbons (Fsp3) is 0.593. The number of allylic oxidation sites excluding steroid dienone is 2. The number of hydrogen-bond acceptors (Lipinski definition) is 7. The Bertz CT molecular complexity index is 1060. The number of carbonyl (C=O) groups is 2. The molecule has 0 aliphatic carbocycles. The highest BCUT2D eigenvalue weighted by molar-refractivity contribution is 7.09. The second-order valence-corrected chi connectivity index (χ2v) is 11.3. The van der Waals surface area contributed by atoms with E-state index in [0.29, 0.717) is 11.3 Å². The fourth-order valence-electron chi connectivity index (χ4n) is 4.17. The number of Topliss-reactive ketones (excluding diaryl/α,β-unsaturated/α-hetero) is 1. The fourth-order valence-corrected chi connectivity index (χ4v) is 4.74. The number of aryl methyl sites for hydroxylation is 1. The van der Waals surface area contributed by atoms with Gasteiger partial charge in [-0.2, -0.15) is 13.2 Å². The van der Waals surface area contributed by atoms with Gasteiger partial charge in [0.25, 0.3) is 0 Å². The maximum absolute atomic E-state index is 13.8. The van der Waals surface area contributed by atoms with Gasteiger partial charge in [0.05, 0.1) is 34.7 Å². The summed E-state index contributed by atoms with van der Waals surface area (Å²) in [5.41, 5.74) is -1.11. The van der Waals surface area contributed by atoms with Gasteiger partial charge >= 0.3 is 12.1 Å². The molecule has 6 nitrogen and oxygen atoms in total. The Morgan fingerprint density at radius 2 is 1.89 bits per heavy atom. The van der Waals surface area contributed by atoms with Gasteiger partial charge in [0.2, 0.25) is 0 Å². The quantitative estimate of drug-likeness (QED) is 0.373. The van der Waals surface area contributed by atoms with Crippen molar-refractivity contribution in [3.8, 4) is 0 Å². The van der Waals surface area contributed by atoms with Gasteiger partial charge in [0.15, 0.2) is 0 Å². The van der Waals surface area contributed by atoms with Crippen LogP contribution in [0.4, 0.5) is 13.2 Å². The number of thiazole rings is 1. The Kier molecular flexibility index (Phi) is 10.4. The standard InChI is InChI=1S/C27H36F3NO5S/c1-15-8-7-9-19(27(28,29)30)10-11-21(16(2)12-20-14-37-18(4)31-20)36-23(33)13-22(32)26(5,6)25(35)17(3)24(15)34/h7-8,10,12,14-15,17,21-22,24,32,34H,9,11,13H2,1-6H3. The molecular weight excluding hydrogens is 507 g/mol. The number of rotatable bonds is 2. The molecule has 0 saturated heterocycles. The van der Waals surface area contributed by atoms with Crippen molar-refractivity contribution in [2.45, 2.75) is 85.3 Å². The maximum Gasteiger partial charge on any atom is 0.412 e. The molecule has 1 aliphatic rings. The van der Waals surface area contributed by atoms with E-state index in [-0.39, 0.29) is 6.42 Å². The van der Waals surface area contributed by atoms with Crippen LogP contribution in [0.5, 0.6) is 0 Å². The normalized spacial score (nSPS) is 29.1. The van der Waals surface area contributed by atoms with E-state index in [1.54, 1.807) is 25.3 Å². The lowest BCUT2D eigenvalue weighted by Crippen LogP contribution is -2.45. The van der Waals surface area contributed by atoms with E-state index < -0.39 is 71.9 Å². The summed E-state index contributed by atoms with van der Waals surface area (Å²) in [6.07, 6.45) is -4.04. The van der Waals surface area contributed by atoms with E-state index in [4.69, 9.17) is 4.74 Å². The molecule has 1 aromatic rings. The zero-order valence-corrected chi connectivity index (χ0v) is 22.8. The van der Waals surface area contributed by atoms with Gasteiger partial charge in [-0.1, -0.05) is 45.9 Å². The largest absolute Gasteiger partial charge is 0.457 e. The summed E-state index contributed by atoms with van der Waals surface area (Å²) in [5, 5.41) is 24.0. The number of alkyl halides is 3. The monoisotopic (exact) mass is 543 g/mol. The lowest BCUT2D eigenvalue weighted by atomic mass is 9.73. The van der Waals surface area contributed by atoms with Crippen LogP contribution < -0.4 is 0 Å². The van der Waals surface area contributed by atoms with Crippen LogP contribution in [0.3, 0.4) is 0 Å². The average molecular weight is 544 g/mol. The zero-order valence-electron chi connectivity index (χ0n) is 22.0. The highest BCUT2D eigenvalue weighted by Gasteiger charge is 2.42. The molecule has 0 bridgehead atoms. The number of esters is 1. The molecule has 2 N–H and O–H groups in total. The van der Waals surface area contributed by atoms with Crippen LogP contribution >= 0.6 is 11.3 Å². The van der Waals surface area contributed by atoms with Crippen molar-refractivity contribution in [3.63, 3.8) is 0 Å². The predicted octanol–water partition coefficient (Wildman–Crippen LogP) is 5.58. The van der Waals surface area contributed by atoms with Crippen molar-refractivity contribution in [3.05, 3.63) is 45.5 Å². The summed E-state index contributed by atoms with van der Waals surface area (Å²) in [6.45, 7) is 9.55. The summed E-state index contributed by atoms with van der Waals surface area (Å²) in [7, 11) is 0. The summed E-state index contributed by atoms with van der Waals surface area (Å²) in [5.74, 6) is -2.85. The number of aromatic nitrogens is 1. The Morgan fingerprint density at radius 3 is 2.46 bits per heavy atom. The first-order chi connectivity index (χ1) is 17.0. The molecule has 5 unspecified atom stereocenters. The Morgan fingerprint density at radius 1 is 1.24 bits per heavy atom. The Hall–Kier alpha value is -2.30. The first kappa shape index (κ1) is 30.9. The summed E-state index contributed by atoms with van der Waals surface area (Å²) in [4.78, 5) is 30.2. The second-order valence-electron chi connectivity index (χ2n) is 10.2. The zero-order chi connectivity index (χ0) is 28.1. The highest BCUT2D eigenvalue weighted by atomic mass is 32.1. The molecule has 0 fully saturated rings. The number of carbonyl (C=O) groups excluding carboxylic acids is 2. The van der Waals surface area contributed by atoms with Crippen molar-refractivity contribution in [2.24, 2.45) is 17.3 Å². The van der Waals surface area contributed by atoms with E-state index in [1.807, 2.05) is 6.92 Å². The number of hydrogen-bond donors (Lipinski definition) is 2. The van der Waals surface area contributed by atoms with Crippen LogP contribution in [-0.4, -0.2) is 51.4 Å². The van der Waals surface area contributed by atoms with E-state index in [1.165, 1.54) is 44.3 Å². The number of ether oxygens (including phenoxy) is 1. The van der Waals surface area contributed by atoms with Gasteiger partial charge in [-0.3, -0.25) is 9.59 Å². The molecule has 37 heavy (non-hydrogen) atoms. The molecule has 5 atom stereocenters. The number of cyclic esters (lactones) is 1. The summed E-state index contributed by atoms with van der Waals surface area (Å²) in [6, 6.07) is 0. The van der Waals surface area contributed by atoms with E-state index in [0.717, 1.165) is 11.1 Å². The summed E-state index contributed by atoms with van der Waals surface area (Å²) >= 11 is 1.41. The van der Waals surface area contributed by atoms with E-state index >= 15 is 0 Å². The molecule has 0 amide bonds.